The summed E-state index contributed by atoms with van der Waals surface area (Å²) in [5.41, 5.74) is 10.9. The third-order valence-corrected chi connectivity index (χ3v) is 11.5. The van der Waals surface area contributed by atoms with Crippen molar-refractivity contribution in [3.63, 3.8) is 0 Å². The molecule has 0 bridgehead atoms. The van der Waals surface area contributed by atoms with Crippen LogP contribution < -0.4 is 4.90 Å². The van der Waals surface area contributed by atoms with Crippen molar-refractivity contribution in [1.82, 2.24) is 0 Å². The van der Waals surface area contributed by atoms with Crippen molar-refractivity contribution in [1.29, 1.82) is 0 Å². The van der Waals surface area contributed by atoms with Crippen LogP contribution in [0.2, 0.25) is 0 Å². The zero-order valence-electron chi connectivity index (χ0n) is 27.9. The Kier molecular flexibility index (Phi) is 6.42. The molecule has 0 aliphatic heterocycles. The molecule has 4 heteroatoms. The summed E-state index contributed by atoms with van der Waals surface area (Å²) in [6.07, 6.45) is 0. The van der Waals surface area contributed by atoms with Gasteiger partial charge < -0.3 is 13.7 Å². The van der Waals surface area contributed by atoms with E-state index < -0.39 is 0 Å². The molecule has 0 spiro atoms. The van der Waals surface area contributed by atoms with Crippen LogP contribution in [0.15, 0.2) is 185 Å². The molecule has 0 aliphatic carbocycles. The number of thiophene rings is 1. The van der Waals surface area contributed by atoms with Crippen molar-refractivity contribution in [2.75, 3.05) is 4.90 Å². The van der Waals surface area contributed by atoms with Gasteiger partial charge in [-0.1, -0.05) is 140 Å². The van der Waals surface area contributed by atoms with E-state index in [-0.39, 0.29) is 0 Å². The van der Waals surface area contributed by atoms with Crippen molar-refractivity contribution < 1.29 is 8.83 Å². The molecule has 11 aromatic rings. The van der Waals surface area contributed by atoms with Gasteiger partial charge in [0.1, 0.15) is 11.2 Å². The standard InChI is InChI=1S/C48H29NO2S/c1-2-12-30(13-3-1)33-16-8-18-38-39-20-11-23-42(47(39)51-45(33)38)49(41-22-10-19-37-35-14-4-6-24-43(35)50-46(37)41)32-28-26-31(27-29-32)34-17-9-21-40-36-15-5-7-25-44(36)52-48(34)40/h1-29H. The number of hydrogen-bond donors (Lipinski definition) is 0. The van der Waals surface area contributed by atoms with Gasteiger partial charge in [0.15, 0.2) is 11.2 Å². The van der Waals surface area contributed by atoms with Crippen LogP contribution in [-0.4, -0.2) is 0 Å². The molecule has 3 heterocycles. The quantitative estimate of drug-likeness (QED) is 0.181. The highest BCUT2D eigenvalue weighted by Gasteiger charge is 2.24. The minimum absolute atomic E-state index is 0.827. The number of benzene rings is 8. The Morgan fingerprint density at radius 2 is 0.923 bits per heavy atom. The molecular formula is C48H29NO2S. The molecular weight excluding hydrogens is 655 g/mol. The molecule has 0 N–H and O–H groups in total. The third-order valence-electron chi connectivity index (χ3n) is 10.3. The average Bonchev–Trinajstić information content (AvgIpc) is 3.91. The Morgan fingerprint density at radius 3 is 1.71 bits per heavy atom. The summed E-state index contributed by atoms with van der Waals surface area (Å²) in [5, 5.41) is 6.94. The Labute approximate surface area is 303 Å². The first-order valence-electron chi connectivity index (χ1n) is 17.5. The molecule has 0 aliphatic rings. The van der Waals surface area contributed by atoms with E-state index in [1.54, 1.807) is 0 Å². The minimum Gasteiger partial charge on any atom is -0.454 e. The fourth-order valence-electron chi connectivity index (χ4n) is 7.91. The Hall–Kier alpha value is -6.62. The highest BCUT2D eigenvalue weighted by atomic mass is 32.1. The number of nitrogens with zero attached hydrogens (tertiary/aromatic N) is 1. The lowest BCUT2D eigenvalue weighted by Crippen LogP contribution is -2.10. The maximum absolute atomic E-state index is 6.96. The monoisotopic (exact) mass is 683 g/mol. The lowest BCUT2D eigenvalue weighted by Gasteiger charge is -2.25. The number of furan rings is 2. The summed E-state index contributed by atoms with van der Waals surface area (Å²) in [6.45, 7) is 0. The van der Waals surface area contributed by atoms with Crippen molar-refractivity contribution in [3.8, 4) is 22.3 Å². The molecule has 0 unspecified atom stereocenters. The number of fused-ring (bicyclic) bond motifs is 9. The van der Waals surface area contributed by atoms with Gasteiger partial charge in [-0.2, -0.15) is 0 Å². The second-order valence-electron chi connectivity index (χ2n) is 13.2. The molecule has 0 amide bonds. The van der Waals surface area contributed by atoms with E-state index in [2.05, 4.69) is 163 Å². The van der Waals surface area contributed by atoms with E-state index in [0.29, 0.717) is 0 Å². The van der Waals surface area contributed by atoms with E-state index in [4.69, 9.17) is 8.83 Å². The average molecular weight is 684 g/mol. The molecule has 0 saturated heterocycles. The normalized spacial score (nSPS) is 11.8. The molecule has 0 saturated carbocycles. The smallest absolute Gasteiger partial charge is 0.159 e. The van der Waals surface area contributed by atoms with Crippen LogP contribution >= 0.6 is 11.3 Å². The van der Waals surface area contributed by atoms with Crippen LogP contribution in [0.4, 0.5) is 17.1 Å². The summed E-state index contributed by atoms with van der Waals surface area (Å²) in [5.74, 6) is 0. The first kappa shape index (κ1) is 29.1. The van der Waals surface area contributed by atoms with E-state index in [1.165, 1.54) is 31.3 Å². The van der Waals surface area contributed by atoms with E-state index in [0.717, 1.165) is 72.1 Å². The molecule has 0 radical (unpaired) electrons. The number of rotatable bonds is 5. The van der Waals surface area contributed by atoms with Gasteiger partial charge >= 0.3 is 0 Å². The number of hydrogen-bond acceptors (Lipinski definition) is 4. The van der Waals surface area contributed by atoms with Gasteiger partial charge in [-0.3, -0.25) is 0 Å². The Bertz CT molecular complexity index is 3130. The molecule has 3 nitrogen and oxygen atoms in total. The summed E-state index contributed by atoms with van der Waals surface area (Å²) >= 11 is 1.86. The fraction of sp³-hybridized carbons (Fsp3) is 0. The lowest BCUT2D eigenvalue weighted by atomic mass is 10.0. The fourth-order valence-corrected chi connectivity index (χ4v) is 9.15. The zero-order valence-corrected chi connectivity index (χ0v) is 28.7. The SMILES string of the molecule is c1ccc(-c2cccc3c2oc2c(N(c4ccc(-c5cccc6c5sc5ccccc56)cc4)c4cccc5c4oc4ccccc45)cccc23)cc1. The van der Waals surface area contributed by atoms with Crippen LogP contribution in [0.3, 0.4) is 0 Å². The third kappa shape index (κ3) is 4.38. The van der Waals surface area contributed by atoms with Gasteiger partial charge in [0.05, 0.1) is 11.4 Å². The molecule has 11 rings (SSSR count). The van der Waals surface area contributed by atoms with Crippen LogP contribution in [0.1, 0.15) is 0 Å². The predicted octanol–water partition coefficient (Wildman–Crippen LogP) is 14.7. The number of anilines is 3. The van der Waals surface area contributed by atoms with E-state index >= 15 is 0 Å². The van der Waals surface area contributed by atoms with E-state index in [1.807, 2.05) is 29.5 Å². The minimum atomic E-state index is 0.827. The maximum Gasteiger partial charge on any atom is 0.159 e. The van der Waals surface area contributed by atoms with Gasteiger partial charge in [0.25, 0.3) is 0 Å². The Balaban J connectivity index is 1.14. The summed E-state index contributed by atoms with van der Waals surface area (Å²) in [6, 6.07) is 62.2. The van der Waals surface area contributed by atoms with Crippen molar-refractivity contribution in [2.24, 2.45) is 0 Å². The topological polar surface area (TPSA) is 29.5 Å². The summed E-state index contributed by atoms with van der Waals surface area (Å²) in [7, 11) is 0. The highest BCUT2D eigenvalue weighted by Crippen LogP contribution is 2.47. The molecule has 52 heavy (non-hydrogen) atoms. The van der Waals surface area contributed by atoms with Crippen molar-refractivity contribution in [3.05, 3.63) is 176 Å². The molecule has 244 valence electrons. The molecule has 8 aromatic carbocycles. The van der Waals surface area contributed by atoms with E-state index in [9.17, 15) is 0 Å². The van der Waals surface area contributed by atoms with Gasteiger partial charge in [0.2, 0.25) is 0 Å². The van der Waals surface area contributed by atoms with Gasteiger partial charge in [-0.15, -0.1) is 11.3 Å². The highest BCUT2D eigenvalue weighted by molar-refractivity contribution is 7.26. The van der Waals surface area contributed by atoms with Crippen LogP contribution in [0.25, 0.3) is 86.3 Å². The zero-order chi connectivity index (χ0) is 34.2. The van der Waals surface area contributed by atoms with Gasteiger partial charge in [-0.25, -0.2) is 0 Å². The largest absolute Gasteiger partial charge is 0.454 e. The van der Waals surface area contributed by atoms with Crippen molar-refractivity contribution in [2.45, 2.75) is 0 Å². The van der Waals surface area contributed by atoms with Crippen LogP contribution in [-0.2, 0) is 0 Å². The predicted molar refractivity (Wildman–Crippen MR) is 219 cm³/mol. The second-order valence-corrected chi connectivity index (χ2v) is 14.3. The first-order chi connectivity index (χ1) is 25.8. The molecule has 0 atom stereocenters. The van der Waals surface area contributed by atoms with Crippen molar-refractivity contribution >= 4 is 92.4 Å². The number of para-hydroxylation sites is 4. The van der Waals surface area contributed by atoms with Gasteiger partial charge in [-0.05, 0) is 53.1 Å². The summed E-state index contributed by atoms with van der Waals surface area (Å²) in [4.78, 5) is 2.29. The van der Waals surface area contributed by atoms with Crippen LogP contribution in [0, 0.1) is 0 Å². The first-order valence-corrected chi connectivity index (χ1v) is 18.3. The lowest BCUT2D eigenvalue weighted by molar-refractivity contribution is 0.666. The summed E-state index contributed by atoms with van der Waals surface area (Å²) < 4.78 is 16.2. The molecule has 0 fully saturated rings. The maximum atomic E-state index is 6.96. The Morgan fingerprint density at radius 1 is 0.365 bits per heavy atom. The van der Waals surface area contributed by atoms with Crippen LogP contribution in [0.5, 0.6) is 0 Å². The second kappa shape index (κ2) is 11.5. The molecule has 3 aromatic heterocycles. The van der Waals surface area contributed by atoms with Gasteiger partial charge in [0, 0.05) is 53.0 Å².